The summed E-state index contributed by atoms with van der Waals surface area (Å²) in [4.78, 5) is 0. The van der Waals surface area contributed by atoms with Gasteiger partial charge >= 0.3 is 0 Å². The predicted octanol–water partition coefficient (Wildman–Crippen LogP) is 3.35. The highest BCUT2D eigenvalue weighted by molar-refractivity contribution is 6.30. The van der Waals surface area contributed by atoms with E-state index >= 15 is 0 Å². The van der Waals surface area contributed by atoms with Gasteiger partial charge in [0.2, 0.25) is 0 Å². The van der Waals surface area contributed by atoms with Gasteiger partial charge in [-0.05, 0) is 30.5 Å². The molecule has 2 rings (SSSR count). The lowest BCUT2D eigenvalue weighted by Gasteiger charge is -2.12. The first kappa shape index (κ1) is 10.8. The summed E-state index contributed by atoms with van der Waals surface area (Å²) >= 11 is 5.74. The minimum atomic E-state index is -2.51. The molecule has 1 aromatic rings. The highest BCUT2D eigenvalue weighted by Crippen LogP contribution is 2.40. The Hall–Kier alpha value is -0.670. The van der Waals surface area contributed by atoms with Gasteiger partial charge in [0.15, 0.2) is 0 Å². The van der Waals surface area contributed by atoms with Crippen LogP contribution in [0.2, 0.25) is 5.02 Å². The normalized spacial score (nSPS) is 18.2. The molecular weight excluding hydrogens is 222 g/mol. The Kier molecular flexibility index (Phi) is 2.69. The lowest BCUT2D eigenvalue weighted by atomic mass is 10.0. The SMILES string of the molecule is OC1(Cc2cc(Cl)ccc2C(F)F)CC1. The summed E-state index contributed by atoms with van der Waals surface area (Å²) in [5.41, 5.74) is -0.342. The van der Waals surface area contributed by atoms with E-state index in [1.807, 2.05) is 0 Å². The monoisotopic (exact) mass is 232 g/mol. The van der Waals surface area contributed by atoms with Gasteiger partial charge in [-0.25, -0.2) is 8.78 Å². The molecule has 0 atom stereocenters. The van der Waals surface area contributed by atoms with Crippen LogP contribution in [-0.4, -0.2) is 10.7 Å². The molecule has 1 saturated carbocycles. The van der Waals surface area contributed by atoms with Crippen molar-refractivity contribution in [3.63, 3.8) is 0 Å². The van der Waals surface area contributed by atoms with Crippen molar-refractivity contribution in [2.75, 3.05) is 0 Å². The Bertz CT molecular complexity index is 375. The second-order valence-corrected chi connectivity index (χ2v) is 4.48. The third-order valence-electron chi connectivity index (χ3n) is 2.69. The molecule has 1 nitrogen and oxygen atoms in total. The number of halogens is 3. The van der Waals surface area contributed by atoms with Crippen molar-refractivity contribution in [3.05, 3.63) is 34.3 Å². The van der Waals surface area contributed by atoms with Crippen LogP contribution in [0.3, 0.4) is 0 Å². The maximum absolute atomic E-state index is 12.6. The average Bonchev–Trinajstić information content (AvgIpc) is 2.82. The quantitative estimate of drug-likeness (QED) is 0.848. The second kappa shape index (κ2) is 3.72. The van der Waals surface area contributed by atoms with Crippen LogP contribution in [-0.2, 0) is 6.42 Å². The summed E-state index contributed by atoms with van der Waals surface area (Å²) in [6.45, 7) is 0. The fourth-order valence-electron chi connectivity index (χ4n) is 1.62. The van der Waals surface area contributed by atoms with Crippen LogP contribution in [0.4, 0.5) is 8.78 Å². The van der Waals surface area contributed by atoms with E-state index in [-0.39, 0.29) is 12.0 Å². The summed E-state index contributed by atoms with van der Waals surface area (Å²) < 4.78 is 25.3. The standard InChI is InChI=1S/C11H11ClF2O/c12-8-1-2-9(10(13)14)7(5-8)6-11(15)3-4-11/h1-2,5,10,15H,3-4,6H2. The molecule has 1 aliphatic rings. The van der Waals surface area contributed by atoms with Crippen LogP contribution < -0.4 is 0 Å². The van der Waals surface area contributed by atoms with E-state index in [1.165, 1.54) is 18.2 Å². The first-order valence-corrected chi connectivity index (χ1v) is 5.17. The van der Waals surface area contributed by atoms with E-state index in [2.05, 4.69) is 0 Å². The minimum absolute atomic E-state index is 0.0280. The van der Waals surface area contributed by atoms with E-state index in [9.17, 15) is 13.9 Å². The Labute approximate surface area is 91.7 Å². The molecule has 0 radical (unpaired) electrons. The smallest absolute Gasteiger partial charge is 0.264 e. The van der Waals surface area contributed by atoms with Gasteiger partial charge in [0.05, 0.1) is 5.60 Å². The van der Waals surface area contributed by atoms with Crippen LogP contribution in [0.25, 0.3) is 0 Å². The van der Waals surface area contributed by atoms with Crippen molar-refractivity contribution in [3.8, 4) is 0 Å². The van der Waals surface area contributed by atoms with Gasteiger partial charge in [0, 0.05) is 17.0 Å². The number of hydrogen-bond donors (Lipinski definition) is 1. The first-order valence-electron chi connectivity index (χ1n) is 4.79. The van der Waals surface area contributed by atoms with E-state index in [4.69, 9.17) is 11.6 Å². The zero-order valence-electron chi connectivity index (χ0n) is 8.01. The zero-order valence-corrected chi connectivity index (χ0v) is 8.77. The van der Waals surface area contributed by atoms with Gasteiger partial charge < -0.3 is 5.11 Å². The molecule has 0 unspecified atom stereocenters. The summed E-state index contributed by atoms with van der Waals surface area (Å²) in [5.74, 6) is 0. The van der Waals surface area contributed by atoms with E-state index < -0.39 is 12.0 Å². The van der Waals surface area contributed by atoms with Gasteiger partial charge in [-0.3, -0.25) is 0 Å². The van der Waals surface area contributed by atoms with Crippen molar-refractivity contribution in [2.45, 2.75) is 31.3 Å². The highest BCUT2D eigenvalue weighted by atomic mass is 35.5. The van der Waals surface area contributed by atoms with Gasteiger partial charge in [0.1, 0.15) is 0 Å². The van der Waals surface area contributed by atoms with Gasteiger partial charge in [0.25, 0.3) is 6.43 Å². The number of hydrogen-bond acceptors (Lipinski definition) is 1. The Balaban J connectivity index is 2.29. The number of benzene rings is 1. The van der Waals surface area contributed by atoms with Gasteiger partial charge in [-0.2, -0.15) is 0 Å². The molecule has 1 N–H and O–H groups in total. The van der Waals surface area contributed by atoms with Crippen LogP contribution >= 0.6 is 11.6 Å². The molecule has 82 valence electrons. The molecule has 1 fully saturated rings. The lowest BCUT2D eigenvalue weighted by molar-refractivity contribution is 0.138. The molecule has 0 saturated heterocycles. The molecule has 4 heteroatoms. The van der Waals surface area contributed by atoms with Crippen molar-refractivity contribution in [1.29, 1.82) is 0 Å². The molecule has 0 spiro atoms. The lowest BCUT2D eigenvalue weighted by Crippen LogP contribution is -2.12. The molecule has 0 aliphatic heterocycles. The number of aliphatic hydroxyl groups is 1. The Morgan fingerprint density at radius 3 is 2.60 bits per heavy atom. The summed E-state index contributed by atoms with van der Waals surface area (Å²) in [6.07, 6.45) is -0.878. The second-order valence-electron chi connectivity index (χ2n) is 4.04. The van der Waals surface area contributed by atoms with Crippen molar-refractivity contribution < 1.29 is 13.9 Å². The van der Waals surface area contributed by atoms with Crippen molar-refractivity contribution in [1.82, 2.24) is 0 Å². The van der Waals surface area contributed by atoms with Crippen molar-refractivity contribution in [2.24, 2.45) is 0 Å². The molecule has 15 heavy (non-hydrogen) atoms. The Morgan fingerprint density at radius 2 is 2.07 bits per heavy atom. The van der Waals surface area contributed by atoms with Crippen LogP contribution in [0, 0.1) is 0 Å². The average molecular weight is 233 g/mol. The van der Waals surface area contributed by atoms with E-state index in [1.54, 1.807) is 0 Å². The van der Waals surface area contributed by atoms with E-state index in [0.29, 0.717) is 23.4 Å². The zero-order chi connectivity index (χ0) is 11.1. The maximum Gasteiger partial charge on any atom is 0.264 e. The molecular formula is C11H11ClF2O. The fraction of sp³-hybridized carbons (Fsp3) is 0.455. The highest BCUT2D eigenvalue weighted by Gasteiger charge is 2.41. The number of alkyl halides is 2. The van der Waals surface area contributed by atoms with Gasteiger partial charge in [-0.15, -0.1) is 0 Å². The predicted molar refractivity (Wildman–Crippen MR) is 54.3 cm³/mol. The summed E-state index contributed by atoms with van der Waals surface area (Å²) in [6, 6.07) is 4.29. The topological polar surface area (TPSA) is 20.2 Å². The first-order chi connectivity index (χ1) is 7.00. The molecule has 0 bridgehead atoms. The van der Waals surface area contributed by atoms with Crippen LogP contribution in [0.5, 0.6) is 0 Å². The van der Waals surface area contributed by atoms with Gasteiger partial charge in [-0.1, -0.05) is 17.7 Å². The molecule has 0 heterocycles. The third-order valence-corrected chi connectivity index (χ3v) is 2.92. The Morgan fingerprint density at radius 1 is 1.40 bits per heavy atom. The third kappa shape index (κ3) is 2.47. The fourth-order valence-corrected chi connectivity index (χ4v) is 1.81. The van der Waals surface area contributed by atoms with Crippen LogP contribution in [0.15, 0.2) is 18.2 Å². The molecule has 1 aliphatic carbocycles. The van der Waals surface area contributed by atoms with Crippen molar-refractivity contribution >= 4 is 11.6 Å². The minimum Gasteiger partial charge on any atom is -0.390 e. The van der Waals surface area contributed by atoms with E-state index in [0.717, 1.165) is 0 Å². The maximum atomic E-state index is 12.6. The molecule has 0 aromatic heterocycles. The van der Waals surface area contributed by atoms with Crippen LogP contribution in [0.1, 0.15) is 30.4 Å². The summed E-state index contributed by atoms with van der Waals surface area (Å²) in [7, 11) is 0. The summed E-state index contributed by atoms with van der Waals surface area (Å²) in [5, 5.41) is 10.1. The largest absolute Gasteiger partial charge is 0.390 e. The number of rotatable bonds is 3. The molecule has 1 aromatic carbocycles. The molecule has 0 amide bonds.